The first kappa shape index (κ1) is 19.4. The van der Waals surface area contributed by atoms with Gasteiger partial charge in [-0.05, 0) is 17.9 Å². The predicted octanol–water partition coefficient (Wildman–Crippen LogP) is 2.90. The topological polar surface area (TPSA) is 86.6 Å². The van der Waals surface area contributed by atoms with Crippen molar-refractivity contribution >= 4 is 23.3 Å². The molecule has 1 unspecified atom stereocenters. The molecule has 21 heavy (non-hydrogen) atoms. The van der Waals surface area contributed by atoms with Gasteiger partial charge in [-0.3, -0.25) is 4.79 Å². The number of alkyl halides is 3. The molecule has 0 fully saturated rings. The predicted molar refractivity (Wildman–Crippen MR) is 71.3 cm³/mol. The Hall–Kier alpha value is -1.61. The summed E-state index contributed by atoms with van der Waals surface area (Å²) in [7, 11) is 0. The molecular weight excluding hydrogens is 311 g/mol. The highest BCUT2D eigenvalue weighted by atomic mass is 32.1. The van der Waals surface area contributed by atoms with Crippen LogP contribution in [0.1, 0.15) is 30.7 Å². The number of aliphatic carboxylic acids is 2. The number of halogens is 3. The molecule has 0 saturated carbocycles. The van der Waals surface area contributed by atoms with Gasteiger partial charge in [-0.15, -0.1) is 11.3 Å². The highest BCUT2D eigenvalue weighted by Crippen LogP contribution is 2.21. The van der Waals surface area contributed by atoms with E-state index in [9.17, 15) is 18.0 Å². The summed E-state index contributed by atoms with van der Waals surface area (Å²) in [5, 5.41) is 20.9. The smallest absolute Gasteiger partial charge is 0.481 e. The summed E-state index contributed by atoms with van der Waals surface area (Å²) in [6.45, 7) is 2.63. The summed E-state index contributed by atoms with van der Waals surface area (Å²) < 4.78 is 31.7. The molecule has 1 aromatic rings. The fraction of sp³-hybridized carbons (Fsp3) is 0.500. The van der Waals surface area contributed by atoms with E-state index in [1.807, 2.05) is 11.4 Å². The Morgan fingerprint density at radius 2 is 1.95 bits per heavy atom. The lowest BCUT2D eigenvalue weighted by Crippen LogP contribution is -2.22. The average Bonchev–Trinajstić information content (AvgIpc) is 2.87. The van der Waals surface area contributed by atoms with Gasteiger partial charge in [-0.25, -0.2) is 4.79 Å². The van der Waals surface area contributed by atoms with Gasteiger partial charge < -0.3 is 15.5 Å². The van der Waals surface area contributed by atoms with Crippen LogP contribution in [0.3, 0.4) is 0 Å². The Morgan fingerprint density at radius 1 is 1.38 bits per heavy atom. The van der Waals surface area contributed by atoms with Crippen molar-refractivity contribution in [2.24, 2.45) is 0 Å². The van der Waals surface area contributed by atoms with Crippen LogP contribution in [0.25, 0.3) is 0 Å². The third-order valence-corrected chi connectivity index (χ3v) is 3.25. The normalized spacial score (nSPS) is 12.2. The quantitative estimate of drug-likeness (QED) is 0.748. The molecule has 0 saturated heterocycles. The van der Waals surface area contributed by atoms with Crippen LogP contribution in [0, 0.1) is 0 Å². The minimum atomic E-state index is -5.08. The number of rotatable bonds is 6. The van der Waals surface area contributed by atoms with E-state index in [0.29, 0.717) is 12.6 Å². The standard InChI is InChI=1S/C10H15NO2S.C2HF3O2/c1-2-8(9-4-3-7-14-9)11-6-5-10(12)13;3-2(4,5)1(6)7/h3-4,7-8,11H,2,5-6H2,1H3,(H,12,13);(H,6,7). The van der Waals surface area contributed by atoms with Crippen LogP contribution in [0.4, 0.5) is 13.2 Å². The van der Waals surface area contributed by atoms with E-state index in [1.54, 1.807) is 11.3 Å². The van der Waals surface area contributed by atoms with Gasteiger partial charge in [-0.2, -0.15) is 13.2 Å². The van der Waals surface area contributed by atoms with Crippen LogP contribution < -0.4 is 5.32 Å². The minimum Gasteiger partial charge on any atom is -0.481 e. The van der Waals surface area contributed by atoms with E-state index in [-0.39, 0.29) is 6.42 Å². The van der Waals surface area contributed by atoms with Gasteiger partial charge in [0.05, 0.1) is 6.42 Å². The second kappa shape index (κ2) is 9.35. The van der Waals surface area contributed by atoms with Crippen LogP contribution in [-0.2, 0) is 9.59 Å². The first-order chi connectivity index (χ1) is 9.68. The molecule has 0 aliphatic rings. The number of nitrogens with one attached hydrogen (secondary N) is 1. The maximum Gasteiger partial charge on any atom is 0.490 e. The van der Waals surface area contributed by atoms with Crippen molar-refractivity contribution in [1.82, 2.24) is 5.32 Å². The van der Waals surface area contributed by atoms with Gasteiger partial charge in [0.25, 0.3) is 0 Å². The summed E-state index contributed by atoms with van der Waals surface area (Å²) >= 11 is 1.70. The van der Waals surface area contributed by atoms with Gasteiger partial charge in [-0.1, -0.05) is 13.0 Å². The molecule has 0 radical (unpaired) electrons. The lowest BCUT2D eigenvalue weighted by molar-refractivity contribution is -0.192. The van der Waals surface area contributed by atoms with Crippen molar-refractivity contribution in [3.8, 4) is 0 Å². The molecule has 1 atom stereocenters. The van der Waals surface area contributed by atoms with Crippen LogP contribution in [0.5, 0.6) is 0 Å². The van der Waals surface area contributed by atoms with Crippen molar-refractivity contribution in [1.29, 1.82) is 0 Å². The zero-order chi connectivity index (χ0) is 16.5. The van der Waals surface area contributed by atoms with Gasteiger partial charge in [0.15, 0.2) is 0 Å². The second-order valence-corrected chi connectivity index (χ2v) is 4.86. The maximum atomic E-state index is 10.6. The Kier molecular flexibility index (Phi) is 8.63. The summed E-state index contributed by atoms with van der Waals surface area (Å²) in [6.07, 6.45) is -3.91. The molecule has 1 aromatic heterocycles. The molecule has 0 aliphatic heterocycles. The van der Waals surface area contributed by atoms with Crippen molar-refractivity contribution in [2.45, 2.75) is 32.0 Å². The summed E-state index contributed by atoms with van der Waals surface area (Å²) in [6, 6.07) is 4.39. The fourth-order valence-corrected chi connectivity index (χ4v) is 2.17. The van der Waals surface area contributed by atoms with Gasteiger partial charge in [0, 0.05) is 17.5 Å². The minimum absolute atomic E-state index is 0.182. The van der Waals surface area contributed by atoms with Gasteiger partial charge in [0.2, 0.25) is 0 Å². The second-order valence-electron chi connectivity index (χ2n) is 3.88. The third-order valence-electron chi connectivity index (χ3n) is 2.27. The molecule has 0 amide bonds. The van der Waals surface area contributed by atoms with Crippen LogP contribution in [0.15, 0.2) is 17.5 Å². The van der Waals surface area contributed by atoms with Crippen LogP contribution >= 0.6 is 11.3 Å². The Bertz CT molecular complexity index is 434. The van der Waals surface area contributed by atoms with Crippen LogP contribution in [0.2, 0.25) is 0 Å². The summed E-state index contributed by atoms with van der Waals surface area (Å²) in [4.78, 5) is 20.5. The summed E-state index contributed by atoms with van der Waals surface area (Å²) in [5.41, 5.74) is 0. The zero-order valence-electron chi connectivity index (χ0n) is 11.2. The van der Waals surface area contributed by atoms with E-state index in [0.717, 1.165) is 6.42 Å². The monoisotopic (exact) mass is 327 g/mol. The van der Waals surface area contributed by atoms with Crippen molar-refractivity contribution < 1.29 is 33.0 Å². The molecule has 9 heteroatoms. The van der Waals surface area contributed by atoms with E-state index >= 15 is 0 Å². The Balaban J connectivity index is 0.000000486. The van der Waals surface area contributed by atoms with Crippen molar-refractivity contribution in [2.75, 3.05) is 6.54 Å². The number of hydrogen-bond acceptors (Lipinski definition) is 4. The highest BCUT2D eigenvalue weighted by molar-refractivity contribution is 7.10. The molecule has 1 rings (SSSR count). The molecule has 0 spiro atoms. The van der Waals surface area contributed by atoms with E-state index in [4.69, 9.17) is 15.0 Å². The van der Waals surface area contributed by atoms with Gasteiger partial charge in [0.1, 0.15) is 0 Å². The number of carboxylic acid groups (broad SMARTS) is 2. The number of carbonyl (C=O) groups is 2. The number of hydrogen-bond donors (Lipinski definition) is 3. The van der Waals surface area contributed by atoms with E-state index < -0.39 is 18.1 Å². The first-order valence-electron chi connectivity index (χ1n) is 5.97. The molecule has 0 aromatic carbocycles. The Morgan fingerprint density at radius 3 is 2.29 bits per heavy atom. The molecule has 1 heterocycles. The largest absolute Gasteiger partial charge is 0.490 e. The molecule has 0 aliphatic carbocycles. The average molecular weight is 327 g/mol. The zero-order valence-corrected chi connectivity index (χ0v) is 12.0. The Labute approximate surface area is 123 Å². The SMILES string of the molecule is CCC(NCCC(=O)O)c1cccs1.O=C(O)C(F)(F)F. The molecule has 120 valence electrons. The third kappa shape index (κ3) is 9.03. The van der Waals surface area contributed by atoms with Crippen LogP contribution in [-0.4, -0.2) is 34.9 Å². The number of carboxylic acids is 2. The molecule has 3 N–H and O–H groups in total. The maximum absolute atomic E-state index is 10.6. The van der Waals surface area contributed by atoms with Crippen molar-refractivity contribution in [3.05, 3.63) is 22.4 Å². The van der Waals surface area contributed by atoms with Crippen molar-refractivity contribution in [3.63, 3.8) is 0 Å². The number of thiophene rings is 1. The van der Waals surface area contributed by atoms with E-state index in [2.05, 4.69) is 18.3 Å². The highest BCUT2D eigenvalue weighted by Gasteiger charge is 2.38. The van der Waals surface area contributed by atoms with Gasteiger partial charge >= 0.3 is 18.1 Å². The molecular formula is C12H16F3NO4S. The lowest BCUT2D eigenvalue weighted by Gasteiger charge is -2.14. The molecule has 0 bridgehead atoms. The van der Waals surface area contributed by atoms with E-state index in [1.165, 1.54) is 4.88 Å². The lowest BCUT2D eigenvalue weighted by atomic mass is 10.2. The fourth-order valence-electron chi connectivity index (χ4n) is 1.29. The summed E-state index contributed by atoms with van der Waals surface area (Å²) in [5.74, 6) is -3.51. The molecule has 5 nitrogen and oxygen atoms in total. The first-order valence-corrected chi connectivity index (χ1v) is 6.85.